The maximum absolute atomic E-state index is 12.8. The number of hydrogen-bond donors (Lipinski definition) is 1. The minimum atomic E-state index is -0.272. The van der Waals surface area contributed by atoms with Gasteiger partial charge in [-0.2, -0.15) is 0 Å². The van der Waals surface area contributed by atoms with E-state index in [1.165, 1.54) is 0 Å². The molecule has 1 saturated heterocycles. The molecule has 0 spiro atoms. The highest BCUT2D eigenvalue weighted by Crippen LogP contribution is 2.22. The number of nitrogens with one attached hydrogen (secondary N) is 1. The Morgan fingerprint density at radius 3 is 2.93 bits per heavy atom. The van der Waals surface area contributed by atoms with Gasteiger partial charge in [0, 0.05) is 26.7 Å². The summed E-state index contributed by atoms with van der Waals surface area (Å²) < 4.78 is 6.63. The summed E-state index contributed by atoms with van der Waals surface area (Å²) in [5.41, 5.74) is 2.47. The Morgan fingerprint density at radius 2 is 2.14 bits per heavy atom. The lowest BCUT2D eigenvalue weighted by Gasteiger charge is -2.32. The molecule has 8 nitrogen and oxygen atoms in total. The zero-order chi connectivity index (χ0) is 19.9. The van der Waals surface area contributed by atoms with E-state index in [1.807, 2.05) is 36.1 Å². The van der Waals surface area contributed by atoms with Crippen molar-refractivity contribution >= 4 is 11.8 Å². The summed E-state index contributed by atoms with van der Waals surface area (Å²) in [6.45, 7) is 4.22. The van der Waals surface area contributed by atoms with E-state index in [1.54, 1.807) is 18.0 Å². The summed E-state index contributed by atoms with van der Waals surface area (Å²) >= 11 is 0. The monoisotopic (exact) mass is 385 g/mol. The molecule has 0 bridgehead atoms. The van der Waals surface area contributed by atoms with Crippen molar-refractivity contribution in [2.45, 2.75) is 32.2 Å². The Kier molecular flexibility index (Phi) is 6.76. The lowest BCUT2D eigenvalue weighted by atomic mass is 10.0. The number of methoxy groups -OCH3 is 1. The van der Waals surface area contributed by atoms with Gasteiger partial charge in [-0.15, -0.1) is 5.10 Å². The molecule has 28 heavy (non-hydrogen) atoms. The normalized spacial score (nSPS) is 16.8. The Morgan fingerprint density at radius 1 is 1.32 bits per heavy atom. The third-order valence-corrected chi connectivity index (χ3v) is 5.06. The van der Waals surface area contributed by atoms with Crippen LogP contribution in [0.2, 0.25) is 0 Å². The van der Waals surface area contributed by atoms with Crippen molar-refractivity contribution in [3.05, 3.63) is 47.3 Å². The van der Waals surface area contributed by atoms with Gasteiger partial charge in [-0.05, 0) is 30.9 Å². The number of carbonyl (C=O) groups is 2. The third-order valence-electron chi connectivity index (χ3n) is 5.06. The number of amides is 2. The third kappa shape index (κ3) is 4.95. The van der Waals surface area contributed by atoms with Crippen molar-refractivity contribution in [3.63, 3.8) is 0 Å². The zero-order valence-corrected chi connectivity index (χ0v) is 16.4. The smallest absolute Gasteiger partial charge is 0.273 e. The highest BCUT2D eigenvalue weighted by molar-refractivity contribution is 5.91. The Labute approximate surface area is 164 Å². The van der Waals surface area contributed by atoms with Crippen LogP contribution < -0.4 is 5.32 Å². The number of aryl methyl sites for hydroxylation is 1. The van der Waals surface area contributed by atoms with Crippen molar-refractivity contribution in [1.29, 1.82) is 0 Å². The summed E-state index contributed by atoms with van der Waals surface area (Å²) in [7, 11) is 1.58. The molecule has 2 aromatic rings. The number of ether oxygens (including phenoxy) is 1. The van der Waals surface area contributed by atoms with Crippen LogP contribution in [0.5, 0.6) is 0 Å². The highest BCUT2D eigenvalue weighted by atomic mass is 16.5. The van der Waals surface area contributed by atoms with E-state index in [9.17, 15) is 9.59 Å². The Balaban J connectivity index is 1.59. The first kappa shape index (κ1) is 20.0. The van der Waals surface area contributed by atoms with Crippen molar-refractivity contribution in [3.8, 4) is 0 Å². The number of benzene rings is 1. The summed E-state index contributed by atoms with van der Waals surface area (Å²) in [5, 5.41) is 10.8. The summed E-state index contributed by atoms with van der Waals surface area (Å²) in [6.07, 6.45) is 3.87. The van der Waals surface area contributed by atoms with Gasteiger partial charge in [0.1, 0.15) is 0 Å². The average molecular weight is 385 g/mol. The van der Waals surface area contributed by atoms with E-state index in [2.05, 4.69) is 15.6 Å². The fourth-order valence-corrected chi connectivity index (χ4v) is 3.40. The van der Waals surface area contributed by atoms with Crippen molar-refractivity contribution < 1.29 is 14.3 Å². The first-order valence-corrected chi connectivity index (χ1v) is 9.59. The summed E-state index contributed by atoms with van der Waals surface area (Å²) in [4.78, 5) is 26.7. The molecule has 1 aliphatic rings. The quantitative estimate of drug-likeness (QED) is 0.727. The second-order valence-electron chi connectivity index (χ2n) is 7.07. The zero-order valence-electron chi connectivity index (χ0n) is 16.4. The number of piperidine rings is 1. The van der Waals surface area contributed by atoms with E-state index in [0.717, 1.165) is 30.5 Å². The van der Waals surface area contributed by atoms with Gasteiger partial charge in [-0.25, -0.2) is 4.68 Å². The van der Waals surface area contributed by atoms with E-state index in [0.29, 0.717) is 26.1 Å². The van der Waals surface area contributed by atoms with Gasteiger partial charge >= 0.3 is 0 Å². The van der Waals surface area contributed by atoms with Crippen LogP contribution in [0, 0.1) is 6.92 Å². The molecule has 1 aromatic carbocycles. The van der Waals surface area contributed by atoms with Crippen LogP contribution in [0.1, 0.15) is 40.5 Å². The van der Waals surface area contributed by atoms with E-state index < -0.39 is 0 Å². The number of hydrogen-bond acceptors (Lipinski definition) is 5. The summed E-state index contributed by atoms with van der Waals surface area (Å²) in [5.74, 6) is -0.150. The first-order chi connectivity index (χ1) is 13.6. The number of carbonyl (C=O) groups excluding carboxylic acids is 2. The molecule has 1 N–H and O–H groups in total. The van der Waals surface area contributed by atoms with Gasteiger partial charge in [0.15, 0.2) is 5.69 Å². The highest BCUT2D eigenvalue weighted by Gasteiger charge is 2.26. The lowest BCUT2D eigenvalue weighted by Crippen LogP contribution is -2.41. The Bertz CT molecular complexity index is 820. The molecule has 2 amide bonds. The second kappa shape index (κ2) is 9.45. The van der Waals surface area contributed by atoms with Crippen molar-refractivity contribution in [2.24, 2.45) is 0 Å². The maximum atomic E-state index is 12.8. The maximum Gasteiger partial charge on any atom is 0.273 e. The van der Waals surface area contributed by atoms with Gasteiger partial charge in [0.2, 0.25) is 5.91 Å². The van der Waals surface area contributed by atoms with Crippen LogP contribution in [-0.4, -0.2) is 65.1 Å². The van der Waals surface area contributed by atoms with Gasteiger partial charge in [-0.1, -0.05) is 29.5 Å². The van der Waals surface area contributed by atoms with E-state index >= 15 is 0 Å². The molecule has 1 aromatic heterocycles. The molecule has 150 valence electrons. The fourth-order valence-electron chi connectivity index (χ4n) is 3.40. The van der Waals surface area contributed by atoms with Crippen molar-refractivity contribution in [1.82, 2.24) is 25.2 Å². The molecule has 0 saturated carbocycles. The van der Waals surface area contributed by atoms with Crippen LogP contribution >= 0.6 is 0 Å². The van der Waals surface area contributed by atoms with Crippen LogP contribution in [-0.2, 0) is 16.0 Å². The minimum absolute atomic E-state index is 0.0302. The van der Waals surface area contributed by atoms with Gasteiger partial charge < -0.3 is 15.0 Å². The predicted molar refractivity (Wildman–Crippen MR) is 104 cm³/mol. The van der Waals surface area contributed by atoms with Crippen LogP contribution in [0.25, 0.3) is 0 Å². The fraction of sp³-hybridized carbons (Fsp3) is 0.500. The number of likely N-dealkylation sites (tertiary alicyclic amines) is 1. The topological polar surface area (TPSA) is 89.4 Å². The number of aromatic nitrogens is 3. The van der Waals surface area contributed by atoms with E-state index in [-0.39, 0.29) is 23.6 Å². The number of rotatable bonds is 7. The molecule has 2 heterocycles. The summed E-state index contributed by atoms with van der Waals surface area (Å²) in [6, 6.07) is 8.00. The van der Waals surface area contributed by atoms with Crippen LogP contribution in [0.3, 0.4) is 0 Å². The second-order valence-corrected chi connectivity index (χ2v) is 7.07. The number of nitrogens with zero attached hydrogens (tertiary/aromatic N) is 4. The standard InChI is InChI=1S/C20H27N5O3/c1-15-6-3-4-7-16(15)12-19(26)24-10-5-8-17(13-24)25-14-18(22-23-25)20(27)21-9-11-28-2/h3-4,6-7,14,17H,5,8-13H2,1-2H3,(H,21,27)/t17-/m1/s1. The lowest BCUT2D eigenvalue weighted by molar-refractivity contribution is -0.132. The van der Waals surface area contributed by atoms with E-state index in [4.69, 9.17) is 4.74 Å². The van der Waals surface area contributed by atoms with Crippen LogP contribution in [0.4, 0.5) is 0 Å². The Hall–Kier alpha value is -2.74. The molecule has 1 atom stereocenters. The predicted octanol–water partition coefficient (Wildman–Crippen LogP) is 1.37. The van der Waals surface area contributed by atoms with Gasteiger partial charge in [-0.3, -0.25) is 9.59 Å². The molecule has 3 rings (SSSR count). The largest absolute Gasteiger partial charge is 0.383 e. The molecular formula is C20H27N5O3. The first-order valence-electron chi connectivity index (χ1n) is 9.59. The van der Waals surface area contributed by atoms with Gasteiger partial charge in [0.25, 0.3) is 5.91 Å². The minimum Gasteiger partial charge on any atom is -0.383 e. The molecule has 0 unspecified atom stereocenters. The SMILES string of the molecule is COCCNC(=O)c1cn([C@@H]2CCCN(C(=O)Cc3ccccc3C)C2)nn1. The molecule has 1 fully saturated rings. The van der Waals surface area contributed by atoms with Crippen molar-refractivity contribution in [2.75, 3.05) is 33.4 Å². The van der Waals surface area contributed by atoms with Crippen LogP contribution in [0.15, 0.2) is 30.5 Å². The molecular weight excluding hydrogens is 358 g/mol. The molecule has 0 aliphatic carbocycles. The molecule has 8 heteroatoms. The average Bonchev–Trinajstić information content (AvgIpc) is 3.20. The molecule has 1 aliphatic heterocycles. The van der Waals surface area contributed by atoms with Gasteiger partial charge in [0.05, 0.1) is 25.3 Å². The molecule has 0 radical (unpaired) electrons.